The molecule has 0 amide bonds. The van der Waals surface area contributed by atoms with Gasteiger partial charge in [-0.3, -0.25) is 0 Å². The average Bonchev–Trinajstić information content (AvgIpc) is 2.11. The Morgan fingerprint density at radius 2 is 1.92 bits per heavy atom. The topological polar surface area (TPSA) is 38.7 Å². The molecule has 80 valence electrons. The van der Waals surface area contributed by atoms with E-state index in [2.05, 4.69) is 6.92 Å². The van der Waals surface area contributed by atoms with Crippen molar-refractivity contribution in [3.05, 3.63) is 0 Å². The molecule has 0 rings (SSSR count). The van der Waals surface area contributed by atoms with Crippen molar-refractivity contribution in [1.29, 1.82) is 0 Å². The highest BCUT2D eigenvalue weighted by Gasteiger charge is 2.01. The smallest absolute Gasteiger partial charge is 0.178 e. The fraction of sp³-hybridized carbons (Fsp3) is 1.00. The summed E-state index contributed by atoms with van der Waals surface area (Å²) in [6.07, 6.45) is 4.03. The van der Waals surface area contributed by atoms with Gasteiger partial charge in [-0.05, 0) is 13.3 Å². The number of aliphatic hydroxyl groups is 1. The quantitative estimate of drug-likeness (QED) is 0.446. The van der Waals surface area contributed by atoms with Gasteiger partial charge in [-0.25, -0.2) is 0 Å². The van der Waals surface area contributed by atoms with E-state index in [1.54, 1.807) is 0 Å². The van der Waals surface area contributed by atoms with Gasteiger partial charge in [0.1, 0.15) is 0 Å². The maximum atomic E-state index is 9.10. The first-order chi connectivity index (χ1) is 6.31. The van der Waals surface area contributed by atoms with Crippen molar-refractivity contribution in [1.82, 2.24) is 0 Å². The van der Waals surface area contributed by atoms with Crippen LogP contribution >= 0.6 is 0 Å². The van der Waals surface area contributed by atoms with Gasteiger partial charge in [0.2, 0.25) is 0 Å². The summed E-state index contributed by atoms with van der Waals surface area (Å²) in [6, 6.07) is 0. The molecule has 0 saturated heterocycles. The Morgan fingerprint density at radius 3 is 2.54 bits per heavy atom. The number of hydrogen-bond acceptors (Lipinski definition) is 3. The molecule has 3 nitrogen and oxygen atoms in total. The summed E-state index contributed by atoms with van der Waals surface area (Å²) in [5.41, 5.74) is 0. The first-order valence-corrected chi connectivity index (χ1v) is 5.18. The van der Waals surface area contributed by atoms with Gasteiger partial charge in [0.05, 0.1) is 6.61 Å². The average molecular weight is 190 g/mol. The van der Waals surface area contributed by atoms with Gasteiger partial charge in [0.25, 0.3) is 0 Å². The zero-order chi connectivity index (χ0) is 9.94. The third kappa shape index (κ3) is 9.80. The second-order valence-electron chi connectivity index (χ2n) is 3.05. The highest BCUT2D eigenvalue weighted by atomic mass is 16.6. The normalized spacial score (nSPS) is 13.2. The summed E-state index contributed by atoms with van der Waals surface area (Å²) in [6.45, 7) is 5.58. The minimum atomic E-state index is -0.754. The molecule has 0 aromatic rings. The molecule has 13 heavy (non-hydrogen) atoms. The lowest BCUT2D eigenvalue weighted by molar-refractivity contribution is -0.134. The van der Waals surface area contributed by atoms with Crippen molar-refractivity contribution in [2.24, 2.45) is 0 Å². The highest BCUT2D eigenvalue weighted by Crippen LogP contribution is 1.99. The largest absolute Gasteiger partial charge is 0.376 e. The molecule has 1 N–H and O–H groups in total. The predicted octanol–water partition coefficient (Wildman–Crippen LogP) is 1.94. The number of unbranched alkanes of at least 4 members (excludes halogenated alkanes) is 3. The minimum Gasteiger partial charge on any atom is -0.376 e. The van der Waals surface area contributed by atoms with Gasteiger partial charge >= 0.3 is 0 Å². The van der Waals surface area contributed by atoms with Crippen LogP contribution in [-0.2, 0) is 9.47 Å². The van der Waals surface area contributed by atoms with Crippen LogP contribution in [0.5, 0.6) is 0 Å². The summed E-state index contributed by atoms with van der Waals surface area (Å²) in [5, 5.41) is 9.10. The van der Waals surface area contributed by atoms with E-state index in [9.17, 15) is 0 Å². The van der Waals surface area contributed by atoms with Crippen LogP contribution in [0.2, 0.25) is 0 Å². The van der Waals surface area contributed by atoms with E-state index in [0.29, 0.717) is 13.2 Å². The molecule has 0 saturated carbocycles. The molecule has 0 aliphatic heterocycles. The third-order valence-electron chi connectivity index (χ3n) is 1.76. The lowest BCUT2D eigenvalue weighted by Crippen LogP contribution is -2.19. The summed E-state index contributed by atoms with van der Waals surface area (Å²) in [4.78, 5) is 0. The lowest BCUT2D eigenvalue weighted by atomic mass is 10.2. The van der Waals surface area contributed by atoms with Crippen LogP contribution in [0.1, 0.15) is 39.5 Å². The van der Waals surface area contributed by atoms with Gasteiger partial charge in [0.15, 0.2) is 6.29 Å². The second-order valence-corrected chi connectivity index (χ2v) is 3.05. The Hall–Kier alpha value is -0.120. The standard InChI is InChI=1S/C10H22O3/c1-3-5-6-7-8-12-9-10(11)13-4-2/h10-11H,3-9H2,1-2H3. The van der Waals surface area contributed by atoms with Gasteiger partial charge in [-0.15, -0.1) is 0 Å². The Balaban J connectivity index is 2.97. The molecule has 0 aromatic heterocycles. The summed E-state index contributed by atoms with van der Waals surface area (Å²) >= 11 is 0. The van der Waals surface area contributed by atoms with E-state index >= 15 is 0 Å². The van der Waals surface area contributed by atoms with Crippen molar-refractivity contribution >= 4 is 0 Å². The number of ether oxygens (including phenoxy) is 2. The molecule has 0 fully saturated rings. The van der Waals surface area contributed by atoms with Gasteiger partial charge in [-0.1, -0.05) is 26.2 Å². The summed E-state index contributed by atoms with van der Waals surface area (Å²) in [7, 11) is 0. The maximum Gasteiger partial charge on any atom is 0.178 e. The summed E-state index contributed by atoms with van der Waals surface area (Å²) in [5.74, 6) is 0. The third-order valence-corrected chi connectivity index (χ3v) is 1.76. The Labute approximate surface area is 81.0 Å². The van der Waals surface area contributed by atoms with E-state index in [4.69, 9.17) is 14.6 Å². The molecule has 0 aromatic carbocycles. The van der Waals surface area contributed by atoms with Crippen LogP contribution in [0.4, 0.5) is 0 Å². The molecule has 0 spiro atoms. The zero-order valence-corrected chi connectivity index (χ0v) is 8.79. The maximum absolute atomic E-state index is 9.10. The molecule has 0 radical (unpaired) electrons. The van der Waals surface area contributed by atoms with E-state index in [-0.39, 0.29) is 0 Å². The molecular weight excluding hydrogens is 168 g/mol. The Bertz CT molecular complexity index is 96.2. The highest BCUT2D eigenvalue weighted by molar-refractivity contribution is 4.41. The van der Waals surface area contributed by atoms with Crippen molar-refractivity contribution in [2.75, 3.05) is 19.8 Å². The Kier molecular flexibility index (Phi) is 9.87. The number of rotatable bonds is 9. The monoisotopic (exact) mass is 190 g/mol. The van der Waals surface area contributed by atoms with Crippen LogP contribution in [0, 0.1) is 0 Å². The number of hydrogen-bond donors (Lipinski definition) is 1. The van der Waals surface area contributed by atoms with Crippen molar-refractivity contribution in [3.63, 3.8) is 0 Å². The van der Waals surface area contributed by atoms with Gasteiger partial charge < -0.3 is 14.6 Å². The molecule has 0 bridgehead atoms. The SMILES string of the molecule is CCCCCCOCC(O)OCC. The van der Waals surface area contributed by atoms with E-state index < -0.39 is 6.29 Å². The van der Waals surface area contributed by atoms with Crippen LogP contribution < -0.4 is 0 Å². The van der Waals surface area contributed by atoms with Crippen molar-refractivity contribution in [3.8, 4) is 0 Å². The fourth-order valence-electron chi connectivity index (χ4n) is 1.06. The zero-order valence-electron chi connectivity index (χ0n) is 8.79. The second kappa shape index (κ2) is 9.96. The van der Waals surface area contributed by atoms with Crippen LogP contribution in [-0.4, -0.2) is 31.2 Å². The number of aliphatic hydroxyl groups excluding tert-OH is 1. The molecule has 0 aliphatic rings. The summed E-state index contributed by atoms with van der Waals surface area (Å²) < 4.78 is 10.1. The molecule has 0 heterocycles. The Morgan fingerprint density at radius 1 is 1.15 bits per heavy atom. The lowest BCUT2D eigenvalue weighted by Gasteiger charge is -2.10. The fourth-order valence-corrected chi connectivity index (χ4v) is 1.06. The van der Waals surface area contributed by atoms with Crippen molar-refractivity contribution < 1.29 is 14.6 Å². The molecule has 1 unspecified atom stereocenters. The minimum absolute atomic E-state index is 0.292. The van der Waals surface area contributed by atoms with Crippen molar-refractivity contribution in [2.45, 2.75) is 45.8 Å². The predicted molar refractivity (Wildman–Crippen MR) is 52.6 cm³/mol. The van der Waals surface area contributed by atoms with Crippen LogP contribution in [0.15, 0.2) is 0 Å². The first-order valence-electron chi connectivity index (χ1n) is 5.18. The van der Waals surface area contributed by atoms with E-state index in [1.165, 1.54) is 19.3 Å². The molecule has 0 aliphatic carbocycles. The van der Waals surface area contributed by atoms with E-state index in [1.807, 2.05) is 6.92 Å². The molecule has 1 atom stereocenters. The molecular formula is C10H22O3. The van der Waals surface area contributed by atoms with Crippen LogP contribution in [0.25, 0.3) is 0 Å². The van der Waals surface area contributed by atoms with Crippen LogP contribution in [0.3, 0.4) is 0 Å². The van der Waals surface area contributed by atoms with Gasteiger partial charge in [-0.2, -0.15) is 0 Å². The first kappa shape index (κ1) is 12.9. The van der Waals surface area contributed by atoms with E-state index in [0.717, 1.165) is 13.0 Å². The van der Waals surface area contributed by atoms with Gasteiger partial charge in [0, 0.05) is 13.2 Å². The molecule has 3 heteroatoms.